The smallest absolute Gasteiger partial charge is 0.243 e. The third kappa shape index (κ3) is 4.39. The Morgan fingerprint density at radius 2 is 1.65 bits per heavy atom. The first kappa shape index (κ1) is 21.2. The molecule has 1 aromatic carbocycles. The van der Waals surface area contributed by atoms with Crippen LogP contribution in [0.25, 0.3) is 0 Å². The SMILES string of the molecule is Cc1ccc(S(=O)(=O)N2CCC(C(=O)N3CCNCC3)CC2)cc1C.Cl. The van der Waals surface area contributed by atoms with E-state index in [1.165, 1.54) is 4.31 Å². The Morgan fingerprint density at radius 1 is 1.04 bits per heavy atom. The van der Waals surface area contributed by atoms with Gasteiger partial charge in [0.1, 0.15) is 0 Å². The Morgan fingerprint density at radius 3 is 2.23 bits per heavy atom. The van der Waals surface area contributed by atoms with Crippen molar-refractivity contribution in [3.63, 3.8) is 0 Å². The number of rotatable bonds is 3. The Kier molecular flexibility index (Phi) is 7.07. The number of aryl methyl sites for hydroxylation is 2. The van der Waals surface area contributed by atoms with Gasteiger partial charge in [0, 0.05) is 45.2 Å². The Balaban J connectivity index is 0.00000243. The number of piperidine rings is 1. The van der Waals surface area contributed by atoms with E-state index in [0.29, 0.717) is 30.8 Å². The first-order chi connectivity index (χ1) is 11.9. The Labute approximate surface area is 162 Å². The average molecular weight is 402 g/mol. The van der Waals surface area contributed by atoms with Crippen LogP contribution in [0.3, 0.4) is 0 Å². The fourth-order valence-electron chi connectivity index (χ4n) is 3.51. The van der Waals surface area contributed by atoms with Crippen molar-refractivity contribution in [1.82, 2.24) is 14.5 Å². The minimum atomic E-state index is -3.48. The molecule has 0 bridgehead atoms. The third-order valence-electron chi connectivity index (χ3n) is 5.35. The van der Waals surface area contributed by atoms with Crippen LogP contribution in [0.1, 0.15) is 24.0 Å². The van der Waals surface area contributed by atoms with Crippen LogP contribution < -0.4 is 5.32 Å². The molecular formula is C18H28ClN3O3S. The molecule has 0 aliphatic carbocycles. The van der Waals surface area contributed by atoms with E-state index < -0.39 is 10.0 Å². The molecule has 1 aromatic rings. The molecule has 0 unspecified atom stereocenters. The molecule has 2 fully saturated rings. The summed E-state index contributed by atoms with van der Waals surface area (Å²) >= 11 is 0. The zero-order valence-corrected chi connectivity index (χ0v) is 17.0. The monoisotopic (exact) mass is 401 g/mol. The number of nitrogens with zero attached hydrogens (tertiary/aromatic N) is 2. The quantitative estimate of drug-likeness (QED) is 0.834. The number of sulfonamides is 1. The van der Waals surface area contributed by atoms with Gasteiger partial charge in [0.15, 0.2) is 0 Å². The van der Waals surface area contributed by atoms with Gasteiger partial charge in [-0.2, -0.15) is 4.31 Å². The second-order valence-corrected chi connectivity index (χ2v) is 8.94. The van der Waals surface area contributed by atoms with Crippen molar-refractivity contribution in [1.29, 1.82) is 0 Å². The van der Waals surface area contributed by atoms with E-state index in [1.807, 2.05) is 24.8 Å². The predicted octanol–water partition coefficient (Wildman–Crippen LogP) is 1.56. The van der Waals surface area contributed by atoms with Crippen molar-refractivity contribution < 1.29 is 13.2 Å². The number of carbonyl (C=O) groups is 1. The Hall–Kier alpha value is -1.15. The number of hydrogen-bond donors (Lipinski definition) is 1. The summed E-state index contributed by atoms with van der Waals surface area (Å²) in [4.78, 5) is 14.9. The average Bonchev–Trinajstić information content (AvgIpc) is 2.64. The Bertz CT molecular complexity index is 740. The molecule has 0 spiro atoms. The minimum absolute atomic E-state index is 0. The maximum absolute atomic E-state index is 12.9. The highest BCUT2D eigenvalue weighted by molar-refractivity contribution is 7.89. The van der Waals surface area contributed by atoms with E-state index in [9.17, 15) is 13.2 Å². The van der Waals surface area contributed by atoms with Crippen molar-refractivity contribution >= 4 is 28.3 Å². The lowest BCUT2D eigenvalue weighted by atomic mass is 9.96. The number of nitrogens with one attached hydrogen (secondary N) is 1. The standard InChI is InChI=1S/C18H27N3O3S.ClH/c1-14-3-4-17(13-15(14)2)25(23,24)21-9-5-16(6-10-21)18(22)20-11-7-19-8-12-20;/h3-4,13,16,19H,5-12H2,1-2H3;1H. The topological polar surface area (TPSA) is 69.7 Å². The second-order valence-electron chi connectivity index (χ2n) is 7.00. The largest absolute Gasteiger partial charge is 0.340 e. The van der Waals surface area contributed by atoms with E-state index in [0.717, 1.165) is 37.3 Å². The van der Waals surface area contributed by atoms with Gasteiger partial charge in [-0.05, 0) is 49.9 Å². The molecule has 1 amide bonds. The summed E-state index contributed by atoms with van der Waals surface area (Å²) in [6.45, 7) is 7.90. The van der Waals surface area contributed by atoms with Crippen molar-refractivity contribution in [2.45, 2.75) is 31.6 Å². The van der Waals surface area contributed by atoms with E-state index in [-0.39, 0.29) is 24.2 Å². The molecule has 146 valence electrons. The molecule has 2 aliphatic rings. The van der Waals surface area contributed by atoms with Gasteiger partial charge in [0.2, 0.25) is 15.9 Å². The number of piperazine rings is 1. The number of halogens is 1. The van der Waals surface area contributed by atoms with Crippen molar-refractivity contribution in [3.05, 3.63) is 29.3 Å². The van der Waals surface area contributed by atoms with Gasteiger partial charge in [0.05, 0.1) is 4.90 Å². The maximum Gasteiger partial charge on any atom is 0.243 e. The molecule has 8 heteroatoms. The van der Waals surface area contributed by atoms with Crippen LogP contribution in [0.5, 0.6) is 0 Å². The van der Waals surface area contributed by atoms with Crippen LogP contribution in [-0.2, 0) is 14.8 Å². The summed E-state index contributed by atoms with van der Waals surface area (Å²) in [5.41, 5.74) is 2.06. The van der Waals surface area contributed by atoms with Gasteiger partial charge in [0.25, 0.3) is 0 Å². The first-order valence-corrected chi connectivity index (χ1v) is 10.4. The summed E-state index contributed by atoms with van der Waals surface area (Å²) in [7, 11) is -3.48. The van der Waals surface area contributed by atoms with Crippen LogP contribution >= 0.6 is 12.4 Å². The lowest BCUT2D eigenvalue weighted by Gasteiger charge is -2.35. The molecule has 0 radical (unpaired) electrons. The second kappa shape index (κ2) is 8.69. The highest BCUT2D eigenvalue weighted by Gasteiger charge is 2.34. The zero-order chi connectivity index (χ0) is 18.0. The number of benzene rings is 1. The fraction of sp³-hybridized carbons (Fsp3) is 0.611. The third-order valence-corrected chi connectivity index (χ3v) is 7.24. The summed E-state index contributed by atoms with van der Waals surface area (Å²) < 4.78 is 27.2. The first-order valence-electron chi connectivity index (χ1n) is 8.96. The number of hydrogen-bond acceptors (Lipinski definition) is 4. The molecule has 2 heterocycles. The van der Waals surface area contributed by atoms with Crippen molar-refractivity contribution in [2.75, 3.05) is 39.3 Å². The molecule has 0 saturated carbocycles. The molecule has 0 aromatic heterocycles. The lowest BCUT2D eigenvalue weighted by Crippen LogP contribution is -2.50. The predicted molar refractivity (Wildman–Crippen MR) is 104 cm³/mol. The van der Waals surface area contributed by atoms with Crippen molar-refractivity contribution in [3.8, 4) is 0 Å². The molecule has 26 heavy (non-hydrogen) atoms. The normalized spacial score (nSPS) is 19.8. The van der Waals surface area contributed by atoms with Crippen LogP contribution in [0, 0.1) is 19.8 Å². The zero-order valence-electron chi connectivity index (χ0n) is 15.4. The maximum atomic E-state index is 12.9. The lowest BCUT2D eigenvalue weighted by molar-refractivity contribution is -0.137. The van der Waals surface area contributed by atoms with E-state index in [2.05, 4.69) is 5.32 Å². The number of amides is 1. The summed E-state index contributed by atoms with van der Waals surface area (Å²) in [6, 6.07) is 5.27. The van der Waals surface area contributed by atoms with Gasteiger partial charge in [-0.25, -0.2) is 8.42 Å². The highest BCUT2D eigenvalue weighted by Crippen LogP contribution is 2.26. The molecule has 6 nitrogen and oxygen atoms in total. The van der Waals surface area contributed by atoms with Gasteiger partial charge in [-0.1, -0.05) is 6.07 Å². The van der Waals surface area contributed by atoms with Gasteiger partial charge >= 0.3 is 0 Å². The molecule has 2 aliphatic heterocycles. The van der Waals surface area contributed by atoms with Gasteiger partial charge < -0.3 is 10.2 Å². The van der Waals surface area contributed by atoms with Crippen LogP contribution in [0.2, 0.25) is 0 Å². The summed E-state index contributed by atoms with van der Waals surface area (Å²) in [5, 5.41) is 3.24. The van der Waals surface area contributed by atoms with Gasteiger partial charge in [-0.3, -0.25) is 4.79 Å². The summed E-state index contributed by atoms with van der Waals surface area (Å²) in [5.74, 6) is 0.133. The summed E-state index contributed by atoms with van der Waals surface area (Å²) in [6.07, 6.45) is 1.21. The van der Waals surface area contributed by atoms with E-state index in [4.69, 9.17) is 0 Å². The molecule has 3 rings (SSSR count). The minimum Gasteiger partial charge on any atom is -0.340 e. The number of carbonyl (C=O) groups excluding carboxylic acids is 1. The van der Waals surface area contributed by atoms with Crippen LogP contribution in [0.4, 0.5) is 0 Å². The highest BCUT2D eigenvalue weighted by atomic mass is 35.5. The molecule has 1 N–H and O–H groups in total. The van der Waals surface area contributed by atoms with Crippen LogP contribution in [-0.4, -0.2) is 62.8 Å². The van der Waals surface area contributed by atoms with Gasteiger partial charge in [-0.15, -0.1) is 12.4 Å². The van der Waals surface area contributed by atoms with Crippen molar-refractivity contribution in [2.24, 2.45) is 5.92 Å². The van der Waals surface area contributed by atoms with E-state index >= 15 is 0 Å². The van der Waals surface area contributed by atoms with Crippen LogP contribution in [0.15, 0.2) is 23.1 Å². The fourth-order valence-corrected chi connectivity index (χ4v) is 5.07. The van der Waals surface area contributed by atoms with E-state index in [1.54, 1.807) is 12.1 Å². The molecule has 0 atom stereocenters. The molecule has 2 saturated heterocycles. The molecular weight excluding hydrogens is 374 g/mol.